The summed E-state index contributed by atoms with van der Waals surface area (Å²) in [5.41, 5.74) is -0.502. The van der Waals surface area contributed by atoms with E-state index < -0.39 is 24.5 Å². The van der Waals surface area contributed by atoms with E-state index in [1.54, 1.807) is 5.32 Å². The largest absolute Gasteiger partial charge is 0.405 e. The number of hydrogen-bond acceptors (Lipinski definition) is 4. The van der Waals surface area contributed by atoms with E-state index in [1.807, 2.05) is 6.92 Å². The summed E-state index contributed by atoms with van der Waals surface area (Å²) in [5.74, 6) is -1.67. The van der Waals surface area contributed by atoms with Crippen LogP contribution in [0.1, 0.15) is 40.6 Å². The van der Waals surface area contributed by atoms with E-state index in [0.717, 1.165) is 6.42 Å². The summed E-state index contributed by atoms with van der Waals surface area (Å²) in [6.45, 7) is 0.813. The summed E-state index contributed by atoms with van der Waals surface area (Å²) in [6.07, 6.45) is -3.00. The second-order valence-electron chi connectivity index (χ2n) is 5.93. The first-order valence-electron chi connectivity index (χ1n) is 8.55. The van der Waals surface area contributed by atoms with Crippen LogP contribution >= 0.6 is 0 Å². The van der Waals surface area contributed by atoms with Gasteiger partial charge in [-0.05, 0) is 24.6 Å². The molecule has 0 radical (unpaired) electrons. The van der Waals surface area contributed by atoms with Crippen LogP contribution < -0.4 is 16.2 Å². The highest BCUT2D eigenvalue weighted by Gasteiger charge is 2.28. The Morgan fingerprint density at radius 2 is 1.82 bits per heavy atom. The van der Waals surface area contributed by atoms with Gasteiger partial charge in [-0.25, -0.2) is 4.68 Å². The zero-order chi connectivity index (χ0) is 20.7. The summed E-state index contributed by atoms with van der Waals surface area (Å²) in [6, 6.07) is 8.10. The predicted molar refractivity (Wildman–Crippen MR) is 96.2 cm³/mol. The minimum absolute atomic E-state index is 0.0280. The quantitative estimate of drug-likeness (QED) is 0.752. The van der Waals surface area contributed by atoms with E-state index in [0.29, 0.717) is 13.0 Å². The molecule has 0 aliphatic rings. The number of rotatable bonds is 7. The number of halogens is 3. The molecule has 0 aliphatic carbocycles. The Bertz CT molecular complexity index is 909. The standard InChI is InChI=1S/C18H19F3N4O3/c1-2-3-10-25-15(26)9-8-14(24-25)17(28)23-13-7-5-4-6-12(13)16(27)22-11-18(19,20)21/h4-9H,2-3,10-11H2,1H3,(H,22,27)(H,23,28). The highest BCUT2D eigenvalue weighted by Crippen LogP contribution is 2.17. The Balaban J connectivity index is 2.19. The number of carbonyl (C=O) groups excluding carboxylic acids is 2. The molecule has 2 aromatic rings. The minimum Gasteiger partial charge on any atom is -0.343 e. The van der Waals surface area contributed by atoms with Gasteiger partial charge in [0.15, 0.2) is 0 Å². The number of aryl methyl sites for hydroxylation is 1. The molecule has 0 saturated heterocycles. The van der Waals surface area contributed by atoms with Crippen molar-refractivity contribution in [1.82, 2.24) is 15.1 Å². The molecule has 1 heterocycles. The van der Waals surface area contributed by atoms with Crippen molar-refractivity contribution in [2.24, 2.45) is 0 Å². The number of para-hydroxylation sites is 1. The molecule has 10 heteroatoms. The van der Waals surface area contributed by atoms with E-state index >= 15 is 0 Å². The fraction of sp³-hybridized carbons (Fsp3) is 0.333. The van der Waals surface area contributed by atoms with Crippen LogP contribution in [0.3, 0.4) is 0 Å². The van der Waals surface area contributed by atoms with Gasteiger partial charge in [0.05, 0.1) is 11.3 Å². The van der Waals surface area contributed by atoms with Crippen molar-refractivity contribution in [3.63, 3.8) is 0 Å². The third-order valence-electron chi connectivity index (χ3n) is 3.69. The van der Waals surface area contributed by atoms with Gasteiger partial charge < -0.3 is 10.6 Å². The average Bonchev–Trinajstić information content (AvgIpc) is 2.65. The summed E-state index contributed by atoms with van der Waals surface area (Å²) in [5, 5.41) is 8.20. The van der Waals surface area contributed by atoms with Crippen LogP contribution in [0.2, 0.25) is 0 Å². The zero-order valence-corrected chi connectivity index (χ0v) is 15.0. The van der Waals surface area contributed by atoms with E-state index in [2.05, 4.69) is 10.4 Å². The molecule has 2 amide bonds. The fourth-order valence-electron chi connectivity index (χ4n) is 2.29. The first kappa shape index (κ1) is 21.1. The van der Waals surface area contributed by atoms with Crippen LogP contribution in [0.15, 0.2) is 41.2 Å². The topological polar surface area (TPSA) is 93.1 Å². The number of amides is 2. The predicted octanol–water partition coefficient (Wildman–Crippen LogP) is 2.59. The molecule has 0 atom stereocenters. The van der Waals surface area contributed by atoms with Gasteiger partial charge in [0, 0.05) is 12.6 Å². The van der Waals surface area contributed by atoms with Crippen molar-refractivity contribution in [2.75, 3.05) is 11.9 Å². The number of unbranched alkanes of at least 4 members (excludes halogenated alkanes) is 1. The molecule has 0 fully saturated rings. The molecule has 0 bridgehead atoms. The number of nitrogens with zero attached hydrogens (tertiary/aromatic N) is 2. The SMILES string of the molecule is CCCCn1nc(C(=O)Nc2ccccc2C(=O)NCC(F)(F)F)ccc1=O. The zero-order valence-electron chi connectivity index (χ0n) is 15.0. The van der Waals surface area contributed by atoms with Crippen molar-refractivity contribution >= 4 is 17.5 Å². The van der Waals surface area contributed by atoms with Crippen LogP contribution in [-0.2, 0) is 6.54 Å². The van der Waals surface area contributed by atoms with Gasteiger partial charge in [-0.1, -0.05) is 25.5 Å². The molecule has 0 unspecified atom stereocenters. The van der Waals surface area contributed by atoms with Crippen molar-refractivity contribution in [2.45, 2.75) is 32.5 Å². The fourth-order valence-corrected chi connectivity index (χ4v) is 2.29. The highest BCUT2D eigenvalue weighted by atomic mass is 19.4. The molecule has 0 aliphatic heterocycles. The van der Waals surface area contributed by atoms with Gasteiger partial charge in [-0.2, -0.15) is 18.3 Å². The lowest BCUT2D eigenvalue weighted by Crippen LogP contribution is -2.34. The number of alkyl halides is 3. The summed E-state index contributed by atoms with van der Waals surface area (Å²) in [4.78, 5) is 36.2. The Morgan fingerprint density at radius 3 is 2.50 bits per heavy atom. The third-order valence-corrected chi connectivity index (χ3v) is 3.69. The maximum atomic E-state index is 12.4. The van der Waals surface area contributed by atoms with E-state index in [-0.39, 0.29) is 22.5 Å². The Hall–Kier alpha value is -3.17. The van der Waals surface area contributed by atoms with E-state index in [1.165, 1.54) is 41.1 Å². The third kappa shape index (κ3) is 5.93. The van der Waals surface area contributed by atoms with Crippen LogP contribution in [0.25, 0.3) is 0 Å². The number of nitrogens with one attached hydrogen (secondary N) is 2. The summed E-state index contributed by atoms with van der Waals surface area (Å²) < 4.78 is 38.1. The van der Waals surface area contributed by atoms with Crippen LogP contribution in [0, 0.1) is 0 Å². The van der Waals surface area contributed by atoms with Crippen LogP contribution in [0.5, 0.6) is 0 Å². The van der Waals surface area contributed by atoms with Gasteiger partial charge in [-0.3, -0.25) is 14.4 Å². The molecule has 0 saturated carbocycles. The van der Waals surface area contributed by atoms with Crippen molar-refractivity contribution in [3.05, 3.63) is 58.0 Å². The number of carbonyl (C=O) groups is 2. The molecule has 1 aromatic heterocycles. The monoisotopic (exact) mass is 396 g/mol. The van der Waals surface area contributed by atoms with Crippen LogP contribution in [0.4, 0.5) is 18.9 Å². The molecule has 2 rings (SSSR count). The maximum absolute atomic E-state index is 12.4. The second-order valence-corrected chi connectivity index (χ2v) is 5.93. The average molecular weight is 396 g/mol. The minimum atomic E-state index is -4.55. The summed E-state index contributed by atoms with van der Waals surface area (Å²) in [7, 11) is 0. The van der Waals surface area contributed by atoms with Gasteiger partial charge in [0.1, 0.15) is 12.2 Å². The molecule has 28 heavy (non-hydrogen) atoms. The van der Waals surface area contributed by atoms with Gasteiger partial charge in [0.25, 0.3) is 17.4 Å². The van der Waals surface area contributed by atoms with Gasteiger partial charge in [0.2, 0.25) is 0 Å². The van der Waals surface area contributed by atoms with Crippen molar-refractivity contribution in [3.8, 4) is 0 Å². The van der Waals surface area contributed by atoms with Crippen molar-refractivity contribution < 1.29 is 22.8 Å². The molecule has 2 N–H and O–H groups in total. The van der Waals surface area contributed by atoms with E-state index in [4.69, 9.17) is 0 Å². The Kier molecular flexibility index (Phi) is 6.91. The maximum Gasteiger partial charge on any atom is 0.405 e. The highest BCUT2D eigenvalue weighted by molar-refractivity contribution is 6.08. The van der Waals surface area contributed by atoms with Crippen molar-refractivity contribution in [1.29, 1.82) is 0 Å². The molecular formula is C18H19F3N4O3. The molecule has 7 nitrogen and oxygen atoms in total. The lowest BCUT2D eigenvalue weighted by molar-refractivity contribution is -0.123. The van der Waals surface area contributed by atoms with Crippen LogP contribution in [-0.4, -0.2) is 34.3 Å². The Labute approximate surface area is 158 Å². The summed E-state index contributed by atoms with van der Waals surface area (Å²) >= 11 is 0. The second kappa shape index (κ2) is 9.16. The lowest BCUT2D eigenvalue weighted by Gasteiger charge is -2.13. The number of aromatic nitrogens is 2. The van der Waals surface area contributed by atoms with Gasteiger partial charge >= 0.3 is 6.18 Å². The molecule has 150 valence electrons. The normalized spacial score (nSPS) is 11.1. The number of benzene rings is 1. The Morgan fingerprint density at radius 1 is 1.11 bits per heavy atom. The van der Waals surface area contributed by atoms with Gasteiger partial charge in [-0.15, -0.1) is 0 Å². The molecular weight excluding hydrogens is 377 g/mol. The molecule has 1 aromatic carbocycles. The number of hydrogen-bond donors (Lipinski definition) is 2. The van der Waals surface area contributed by atoms with E-state index in [9.17, 15) is 27.6 Å². The first-order chi connectivity index (χ1) is 13.2. The smallest absolute Gasteiger partial charge is 0.343 e. The lowest BCUT2D eigenvalue weighted by atomic mass is 10.1. The molecule has 0 spiro atoms. The first-order valence-corrected chi connectivity index (χ1v) is 8.55. The number of anilines is 1.